The smallest absolute Gasteiger partial charge is 0.224 e. The van der Waals surface area contributed by atoms with Gasteiger partial charge in [-0.15, -0.1) is 0 Å². The molecule has 0 fully saturated rings. The molecule has 6 nitrogen and oxygen atoms in total. The van der Waals surface area contributed by atoms with Gasteiger partial charge in [0.15, 0.2) is 5.78 Å². The van der Waals surface area contributed by atoms with Crippen LogP contribution in [0.25, 0.3) is 0 Å². The highest BCUT2D eigenvalue weighted by Gasteiger charge is 2.04. The highest BCUT2D eigenvalue weighted by molar-refractivity contribution is 5.95. The first-order valence-corrected chi connectivity index (χ1v) is 7.05. The molecule has 1 aromatic heterocycles. The molecule has 1 heterocycles. The number of anilines is 3. The number of hydrogen-bond acceptors (Lipinski definition) is 6. The Morgan fingerprint density at radius 3 is 2.82 bits per heavy atom. The fourth-order valence-corrected chi connectivity index (χ4v) is 1.94. The molecule has 2 N–H and O–H groups in total. The maximum Gasteiger partial charge on any atom is 0.224 e. The van der Waals surface area contributed by atoms with E-state index in [4.69, 9.17) is 4.74 Å². The number of benzene rings is 1. The average molecular weight is 300 g/mol. The minimum atomic E-state index is 0.0319. The third-order valence-electron chi connectivity index (χ3n) is 2.99. The predicted octanol–water partition coefficient (Wildman–Crippen LogP) is 2.79. The molecule has 0 aliphatic rings. The van der Waals surface area contributed by atoms with Crippen molar-refractivity contribution in [3.63, 3.8) is 0 Å². The molecule has 0 spiro atoms. The van der Waals surface area contributed by atoms with Crippen molar-refractivity contribution in [3.8, 4) is 0 Å². The van der Waals surface area contributed by atoms with Gasteiger partial charge in [0, 0.05) is 36.7 Å². The number of aryl methyl sites for hydroxylation is 1. The number of ether oxygens (including phenoxy) is 1. The van der Waals surface area contributed by atoms with Crippen molar-refractivity contribution in [1.29, 1.82) is 0 Å². The standard InChI is InChI=1S/C16H20N4O2/c1-11-9-15(20-16(18-11)17-7-8-22-3)19-14-6-4-5-13(10-14)12(2)21/h4-6,9-10H,7-8H2,1-3H3,(H2,17,18,19,20). The molecule has 0 atom stereocenters. The number of nitrogens with zero attached hydrogens (tertiary/aromatic N) is 2. The lowest BCUT2D eigenvalue weighted by Gasteiger charge is -2.10. The number of aromatic nitrogens is 2. The lowest BCUT2D eigenvalue weighted by Crippen LogP contribution is -2.11. The number of Topliss-reactive ketones (excluding diaryl/α,β-unsaturated/α-hetero) is 1. The number of ketones is 1. The van der Waals surface area contributed by atoms with Crippen LogP contribution in [0.4, 0.5) is 17.5 Å². The average Bonchev–Trinajstić information content (AvgIpc) is 2.47. The SMILES string of the molecule is COCCNc1nc(C)cc(Nc2cccc(C(C)=O)c2)n1. The molecule has 0 aliphatic carbocycles. The van der Waals surface area contributed by atoms with E-state index in [0.29, 0.717) is 30.5 Å². The minimum absolute atomic E-state index is 0.0319. The van der Waals surface area contributed by atoms with Crippen LogP contribution in [0.5, 0.6) is 0 Å². The lowest BCUT2D eigenvalue weighted by atomic mass is 10.1. The van der Waals surface area contributed by atoms with E-state index in [-0.39, 0.29) is 5.78 Å². The zero-order valence-corrected chi connectivity index (χ0v) is 13.0. The van der Waals surface area contributed by atoms with Crippen LogP contribution in [0.1, 0.15) is 23.0 Å². The second-order valence-electron chi connectivity index (χ2n) is 4.90. The molecular weight excluding hydrogens is 280 g/mol. The molecule has 116 valence electrons. The summed E-state index contributed by atoms with van der Waals surface area (Å²) in [7, 11) is 1.65. The van der Waals surface area contributed by atoms with E-state index in [1.165, 1.54) is 0 Å². The summed E-state index contributed by atoms with van der Waals surface area (Å²) in [6.07, 6.45) is 0. The van der Waals surface area contributed by atoms with Crippen molar-refractivity contribution >= 4 is 23.2 Å². The second-order valence-corrected chi connectivity index (χ2v) is 4.90. The Labute approximate surface area is 129 Å². The van der Waals surface area contributed by atoms with E-state index in [1.807, 2.05) is 25.1 Å². The van der Waals surface area contributed by atoms with Crippen LogP contribution >= 0.6 is 0 Å². The molecule has 2 rings (SSSR count). The van der Waals surface area contributed by atoms with Crippen LogP contribution in [0.15, 0.2) is 30.3 Å². The first kappa shape index (κ1) is 15.9. The first-order valence-electron chi connectivity index (χ1n) is 7.05. The Morgan fingerprint density at radius 2 is 2.09 bits per heavy atom. The fraction of sp³-hybridized carbons (Fsp3) is 0.312. The van der Waals surface area contributed by atoms with Gasteiger partial charge in [0.1, 0.15) is 5.82 Å². The quantitative estimate of drug-likeness (QED) is 0.605. The summed E-state index contributed by atoms with van der Waals surface area (Å²) in [4.78, 5) is 20.2. The third kappa shape index (κ3) is 4.53. The Balaban J connectivity index is 2.15. The lowest BCUT2D eigenvalue weighted by molar-refractivity contribution is 0.101. The molecule has 1 aromatic carbocycles. The van der Waals surface area contributed by atoms with Crippen LogP contribution in [0.3, 0.4) is 0 Å². The van der Waals surface area contributed by atoms with E-state index in [0.717, 1.165) is 11.4 Å². The van der Waals surface area contributed by atoms with Crippen LogP contribution < -0.4 is 10.6 Å². The number of rotatable bonds is 7. The molecule has 0 saturated carbocycles. The highest BCUT2D eigenvalue weighted by Crippen LogP contribution is 2.18. The molecule has 6 heteroatoms. The van der Waals surface area contributed by atoms with Gasteiger partial charge in [-0.3, -0.25) is 4.79 Å². The molecular formula is C16H20N4O2. The van der Waals surface area contributed by atoms with Crippen molar-refractivity contribution in [1.82, 2.24) is 9.97 Å². The Morgan fingerprint density at radius 1 is 1.27 bits per heavy atom. The largest absolute Gasteiger partial charge is 0.383 e. The number of carbonyl (C=O) groups excluding carboxylic acids is 1. The zero-order chi connectivity index (χ0) is 15.9. The van der Waals surface area contributed by atoms with Crippen molar-refractivity contribution in [3.05, 3.63) is 41.6 Å². The van der Waals surface area contributed by atoms with Crippen molar-refractivity contribution in [2.75, 3.05) is 30.9 Å². The second kappa shape index (κ2) is 7.51. The normalized spacial score (nSPS) is 10.3. The monoisotopic (exact) mass is 300 g/mol. The molecule has 0 saturated heterocycles. The van der Waals surface area contributed by atoms with Gasteiger partial charge in [-0.05, 0) is 26.0 Å². The van der Waals surface area contributed by atoms with Crippen LogP contribution in [0.2, 0.25) is 0 Å². The summed E-state index contributed by atoms with van der Waals surface area (Å²) in [5, 5.41) is 6.30. The van der Waals surface area contributed by atoms with E-state index >= 15 is 0 Å². The number of hydrogen-bond donors (Lipinski definition) is 2. The third-order valence-corrected chi connectivity index (χ3v) is 2.99. The van der Waals surface area contributed by atoms with Gasteiger partial charge in [0.25, 0.3) is 0 Å². The first-order chi connectivity index (χ1) is 10.6. The van der Waals surface area contributed by atoms with Gasteiger partial charge in [-0.2, -0.15) is 4.98 Å². The van der Waals surface area contributed by atoms with Crippen molar-refractivity contribution < 1.29 is 9.53 Å². The van der Waals surface area contributed by atoms with E-state index in [2.05, 4.69) is 20.6 Å². The fourth-order valence-electron chi connectivity index (χ4n) is 1.94. The Bertz CT molecular complexity index is 658. The van der Waals surface area contributed by atoms with E-state index in [9.17, 15) is 4.79 Å². The number of carbonyl (C=O) groups is 1. The summed E-state index contributed by atoms with van der Waals surface area (Å²) in [6.45, 7) is 4.67. The van der Waals surface area contributed by atoms with Crippen molar-refractivity contribution in [2.24, 2.45) is 0 Å². The predicted molar refractivity (Wildman–Crippen MR) is 86.9 cm³/mol. The molecule has 0 bridgehead atoms. The van der Waals surface area contributed by atoms with Gasteiger partial charge in [-0.1, -0.05) is 12.1 Å². The molecule has 22 heavy (non-hydrogen) atoms. The maximum absolute atomic E-state index is 11.4. The van der Waals surface area contributed by atoms with Gasteiger partial charge in [0.05, 0.1) is 6.61 Å². The summed E-state index contributed by atoms with van der Waals surface area (Å²) in [5.74, 6) is 1.25. The summed E-state index contributed by atoms with van der Waals surface area (Å²) in [5.41, 5.74) is 2.32. The van der Waals surface area contributed by atoms with E-state index < -0.39 is 0 Å². The van der Waals surface area contributed by atoms with Crippen molar-refractivity contribution in [2.45, 2.75) is 13.8 Å². The maximum atomic E-state index is 11.4. The van der Waals surface area contributed by atoms with Crippen LogP contribution in [-0.2, 0) is 4.74 Å². The molecule has 0 amide bonds. The van der Waals surface area contributed by atoms with E-state index in [1.54, 1.807) is 26.2 Å². The Kier molecular flexibility index (Phi) is 5.43. The summed E-state index contributed by atoms with van der Waals surface area (Å²) in [6, 6.07) is 9.17. The topological polar surface area (TPSA) is 76.1 Å². The van der Waals surface area contributed by atoms with Gasteiger partial charge >= 0.3 is 0 Å². The molecule has 0 aliphatic heterocycles. The molecule has 2 aromatic rings. The highest BCUT2D eigenvalue weighted by atomic mass is 16.5. The zero-order valence-electron chi connectivity index (χ0n) is 13.0. The summed E-state index contributed by atoms with van der Waals surface area (Å²) >= 11 is 0. The molecule has 0 radical (unpaired) electrons. The van der Waals surface area contributed by atoms with Gasteiger partial charge in [0.2, 0.25) is 5.95 Å². The number of nitrogens with one attached hydrogen (secondary N) is 2. The molecule has 0 unspecified atom stereocenters. The summed E-state index contributed by atoms with van der Waals surface area (Å²) < 4.78 is 4.99. The van der Waals surface area contributed by atoms with Gasteiger partial charge < -0.3 is 15.4 Å². The number of methoxy groups -OCH3 is 1. The minimum Gasteiger partial charge on any atom is -0.383 e. The Hall–Kier alpha value is -2.47. The van der Waals surface area contributed by atoms with Gasteiger partial charge in [-0.25, -0.2) is 4.98 Å². The van der Waals surface area contributed by atoms with Crippen LogP contribution in [-0.4, -0.2) is 36.0 Å². The van der Waals surface area contributed by atoms with Crippen LogP contribution in [0, 0.1) is 6.92 Å².